The number of ether oxygens (including phenoxy) is 1. The van der Waals surface area contributed by atoms with Crippen molar-refractivity contribution in [3.63, 3.8) is 0 Å². The number of rotatable bonds is 4. The van der Waals surface area contributed by atoms with E-state index in [2.05, 4.69) is 28.9 Å². The van der Waals surface area contributed by atoms with Crippen LogP contribution in [0.4, 0.5) is 0 Å². The van der Waals surface area contributed by atoms with Crippen molar-refractivity contribution in [3.05, 3.63) is 40.9 Å². The number of carbonyl (C=O) groups is 1. The third kappa shape index (κ3) is 2.99. The van der Waals surface area contributed by atoms with Gasteiger partial charge in [-0.25, -0.2) is 4.98 Å². The Morgan fingerprint density at radius 3 is 3.08 bits per heavy atom. The zero-order chi connectivity index (χ0) is 17.4. The van der Waals surface area contributed by atoms with E-state index in [1.165, 1.54) is 16.0 Å². The highest BCUT2D eigenvalue weighted by molar-refractivity contribution is 7.15. The molecule has 0 aliphatic carbocycles. The molecule has 4 rings (SSSR count). The molecule has 132 valence electrons. The molecule has 0 saturated carbocycles. The SMILES string of the molecule is Cc1ccccc1-c1ncc(CN2C[C@@H]3CCOC[C@]3(C(=O)O)C2)s1. The van der Waals surface area contributed by atoms with E-state index < -0.39 is 11.4 Å². The van der Waals surface area contributed by atoms with Crippen LogP contribution in [0, 0.1) is 18.3 Å². The monoisotopic (exact) mass is 358 g/mol. The molecule has 0 amide bonds. The van der Waals surface area contributed by atoms with Crippen molar-refractivity contribution in [1.82, 2.24) is 9.88 Å². The second kappa shape index (κ2) is 6.52. The molecule has 3 heterocycles. The maximum absolute atomic E-state index is 11.9. The number of aliphatic carboxylic acids is 1. The van der Waals surface area contributed by atoms with Crippen LogP contribution in [0.5, 0.6) is 0 Å². The maximum Gasteiger partial charge on any atom is 0.313 e. The van der Waals surface area contributed by atoms with Crippen LogP contribution in [0.3, 0.4) is 0 Å². The van der Waals surface area contributed by atoms with E-state index in [9.17, 15) is 9.90 Å². The smallest absolute Gasteiger partial charge is 0.313 e. The van der Waals surface area contributed by atoms with Crippen LogP contribution in [-0.2, 0) is 16.1 Å². The van der Waals surface area contributed by atoms with E-state index in [0.29, 0.717) is 19.8 Å². The average molecular weight is 358 g/mol. The van der Waals surface area contributed by atoms with E-state index in [-0.39, 0.29) is 5.92 Å². The zero-order valence-corrected chi connectivity index (χ0v) is 15.1. The first-order valence-electron chi connectivity index (χ1n) is 8.63. The van der Waals surface area contributed by atoms with Crippen LogP contribution in [0.1, 0.15) is 16.9 Å². The number of hydrogen-bond acceptors (Lipinski definition) is 5. The second-order valence-electron chi connectivity index (χ2n) is 7.12. The molecule has 2 aliphatic heterocycles. The minimum Gasteiger partial charge on any atom is -0.481 e. The van der Waals surface area contributed by atoms with Crippen molar-refractivity contribution in [3.8, 4) is 10.6 Å². The Labute approximate surface area is 151 Å². The first kappa shape index (κ1) is 16.7. The van der Waals surface area contributed by atoms with Gasteiger partial charge < -0.3 is 9.84 Å². The van der Waals surface area contributed by atoms with Crippen molar-refractivity contribution in [2.75, 3.05) is 26.3 Å². The molecular formula is C19H22N2O3S. The van der Waals surface area contributed by atoms with Gasteiger partial charge in [0.2, 0.25) is 0 Å². The number of aromatic nitrogens is 1. The largest absolute Gasteiger partial charge is 0.481 e. The minimum atomic E-state index is -0.734. The number of benzene rings is 1. The third-order valence-electron chi connectivity index (χ3n) is 5.47. The lowest BCUT2D eigenvalue weighted by molar-refractivity contribution is -0.159. The molecule has 25 heavy (non-hydrogen) atoms. The van der Waals surface area contributed by atoms with E-state index in [4.69, 9.17) is 4.74 Å². The van der Waals surface area contributed by atoms with Gasteiger partial charge in [0.05, 0.1) is 6.61 Å². The van der Waals surface area contributed by atoms with Crippen LogP contribution in [0.25, 0.3) is 10.6 Å². The Kier molecular flexibility index (Phi) is 4.35. The molecule has 2 fully saturated rings. The van der Waals surface area contributed by atoms with Crippen LogP contribution in [-0.4, -0.2) is 47.3 Å². The summed E-state index contributed by atoms with van der Waals surface area (Å²) < 4.78 is 5.50. The summed E-state index contributed by atoms with van der Waals surface area (Å²) in [5, 5.41) is 10.8. The average Bonchev–Trinajstić information content (AvgIpc) is 3.20. The number of likely N-dealkylation sites (tertiary alicyclic amines) is 1. The fourth-order valence-corrected chi connectivity index (χ4v) is 5.10. The molecule has 0 spiro atoms. The number of thiazole rings is 1. The number of aryl methyl sites for hydroxylation is 1. The van der Waals surface area contributed by atoms with Gasteiger partial charge in [-0.2, -0.15) is 0 Å². The summed E-state index contributed by atoms with van der Waals surface area (Å²) in [5.74, 6) is -0.535. The second-order valence-corrected chi connectivity index (χ2v) is 8.23. The summed E-state index contributed by atoms with van der Waals surface area (Å²) in [6, 6.07) is 8.26. The fourth-order valence-electron chi connectivity index (χ4n) is 4.05. The number of nitrogens with zero attached hydrogens (tertiary/aromatic N) is 2. The summed E-state index contributed by atoms with van der Waals surface area (Å²) in [7, 11) is 0. The predicted octanol–water partition coefficient (Wildman–Crippen LogP) is 3.04. The topological polar surface area (TPSA) is 62.7 Å². The third-order valence-corrected chi connectivity index (χ3v) is 6.49. The molecule has 1 aromatic carbocycles. The molecule has 2 aliphatic rings. The van der Waals surface area contributed by atoms with Crippen LogP contribution in [0.15, 0.2) is 30.5 Å². The highest BCUT2D eigenvalue weighted by atomic mass is 32.1. The highest BCUT2D eigenvalue weighted by Crippen LogP contribution is 2.42. The first-order valence-corrected chi connectivity index (χ1v) is 9.44. The maximum atomic E-state index is 11.9. The van der Waals surface area contributed by atoms with Crippen molar-refractivity contribution >= 4 is 17.3 Å². The lowest BCUT2D eigenvalue weighted by Crippen LogP contribution is -2.46. The van der Waals surface area contributed by atoms with Crippen molar-refractivity contribution in [2.45, 2.75) is 19.9 Å². The van der Waals surface area contributed by atoms with Gasteiger partial charge >= 0.3 is 5.97 Å². The van der Waals surface area contributed by atoms with Gasteiger partial charge in [-0.05, 0) is 24.8 Å². The molecule has 0 bridgehead atoms. The lowest BCUT2D eigenvalue weighted by atomic mass is 9.76. The quantitative estimate of drug-likeness (QED) is 0.910. The van der Waals surface area contributed by atoms with Gasteiger partial charge in [-0.1, -0.05) is 24.3 Å². The fraction of sp³-hybridized carbons (Fsp3) is 0.474. The summed E-state index contributed by atoms with van der Waals surface area (Å²) >= 11 is 1.70. The Morgan fingerprint density at radius 2 is 2.32 bits per heavy atom. The number of hydrogen-bond donors (Lipinski definition) is 1. The standard InChI is InChI=1S/C19H22N2O3S/c1-13-4-2-3-5-16(13)17-20-8-15(25-17)10-21-9-14-6-7-24-12-19(14,11-21)18(22)23/h2-5,8,14H,6-7,9-12H2,1H3,(H,22,23)/t14-,19+/m0/s1. The van der Waals surface area contributed by atoms with Crippen molar-refractivity contribution in [2.24, 2.45) is 11.3 Å². The molecule has 5 nitrogen and oxygen atoms in total. The number of carboxylic acid groups (broad SMARTS) is 1. The Balaban J connectivity index is 1.50. The van der Waals surface area contributed by atoms with Crippen LogP contribution >= 0.6 is 11.3 Å². The Hall–Kier alpha value is -1.76. The Bertz CT molecular complexity index is 790. The van der Waals surface area contributed by atoms with Crippen LogP contribution in [0.2, 0.25) is 0 Å². The van der Waals surface area contributed by atoms with Gasteiger partial charge in [0, 0.05) is 42.9 Å². The molecule has 2 aromatic rings. The first-order chi connectivity index (χ1) is 12.1. The molecular weight excluding hydrogens is 336 g/mol. The molecule has 1 N–H and O–H groups in total. The molecule has 0 unspecified atom stereocenters. The van der Waals surface area contributed by atoms with E-state index in [1.807, 2.05) is 18.3 Å². The lowest BCUT2D eigenvalue weighted by Gasteiger charge is -2.34. The van der Waals surface area contributed by atoms with Gasteiger partial charge in [0.25, 0.3) is 0 Å². The van der Waals surface area contributed by atoms with E-state index in [1.54, 1.807) is 11.3 Å². The normalized spacial score (nSPS) is 26.5. The molecule has 2 atom stereocenters. The van der Waals surface area contributed by atoms with Gasteiger partial charge in [0.1, 0.15) is 10.4 Å². The zero-order valence-electron chi connectivity index (χ0n) is 14.3. The highest BCUT2D eigenvalue weighted by Gasteiger charge is 2.53. The summed E-state index contributed by atoms with van der Waals surface area (Å²) in [5.41, 5.74) is 1.66. The van der Waals surface area contributed by atoms with Gasteiger partial charge in [-0.15, -0.1) is 11.3 Å². The number of fused-ring (bicyclic) bond motifs is 1. The molecule has 0 radical (unpaired) electrons. The predicted molar refractivity (Wildman–Crippen MR) is 96.6 cm³/mol. The van der Waals surface area contributed by atoms with Gasteiger partial charge in [0.15, 0.2) is 0 Å². The molecule has 6 heteroatoms. The summed E-state index contributed by atoms with van der Waals surface area (Å²) in [4.78, 5) is 19.9. The minimum absolute atomic E-state index is 0.183. The molecule has 2 saturated heterocycles. The van der Waals surface area contributed by atoms with Gasteiger partial charge in [-0.3, -0.25) is 9.69 Å². The van der Waals surface area contributed by atoms with E-state index >= 15 is 0 Å². The van der Waals surface area contributed by atoms with Crippen molar-refractivity contribution < 1.29 is 14.6 Å². The van der Waals surface area contributed by atoms with Crippen molar-refractivity contribution in [1.29, 1.82) is 0 Å². The van der Waals surface area contributed by atoms with E-state index in [0.717, 1.165) is 24.5 Å². The summed E-state index contributed by atoms with van der Waals surface area (Å²) in [6.45, 7) is 5.25. The Morgan fingerprint density at radius 1 is 1.48 bits per heavy atom. The summed E-state index contributed by atoms with van der Waals surface area (Å²) in [6.07, 6.45) is 2.76. The number of carboxylic acids is 1. The van der Waals surface area contributed by atoms with Crippen LogP contribution < -0.4 is 0 Å². The molecule has 1 aromatic heterocycles.